The molecule has 0 atom stereocenters. The zero-order chi connectivity index (χ0) is 24.7. The second kappa shape index (κ2) is 11.1. The van der Waals surface area contributed by atoms with Gasteiger partial charge in [0.25, 0.3) is 5.56 Å². The van der Waals surface area contributed by atoms with E-state index in [0.717, 1.165) is 37.7 Å². The number of hydrogen-bond donors (Lipinski definition) is 2. The van der Waals surface area contributed by atoms with Crippen molar-refractivity contribution in [2.45, 2.75) is 19.3 Å². The van der Waals surface area contributed by atoms with Gasteiger partial charge in [0, 0.05) is 33.3 Å². The van der Waals surface area contributed by atoms with Crippen molar-refractivity contribution < 1.29 is 27.8 Å². The first-order valence-corrected chi connectivity index (χ1v) is 10.5. The van der Waals surface area contributed by atoms with Crippen molar-refractivity contribution in [3.05, 3.63) is 52.6 Å². The molecule has 0 spiro atoms. The minimum absolute atomic E-state index is 0.0816. The van der Waals surface area contributed by atoms with Crippen LogP contribution in [0, 0.1) is 0 Å². The minimum Gasteiger partial charge on any atom is -0.475 e. The summed E-state index contributed by atoms with van der Waals surface area (Å²) in [7, 11) is 1.62. The van der Waals surface area contributed by atoms with E-state index in [-0.39, 0.29) is 5.56 Å². The number of anilines is 1. The number of carbonyl (C=O) groups is 1. The lowest BCUT2D eigenvalue weighted by Crippen LogP contribution is -2.44. The van der Waals surface area contributed by atoms with Crippen LogP contribution in [0.25, 0.3) is 11.2 Å². The maximum atomic E-state index is 13.1. The molecule has 1 fully saturated rings. The van der Waals surface area contributed by atoms with Crippen LogP contribution < -0.4 is 15.8 Å². The number of methoxy groups -OCH3 is 1. The highest BCUT2D eigenvalue weighted by Crippen LogP contribution is 2.21. The average Bonchev–Trinajstić information content (AvgIpc) is 3.19. The molecule has 10 nitrogen and oxygen atoms in total. The molecule has 1 aliphatic heterocycles. The quantitative estimate of drug-likeness (QED) is 0.541. The number of hydrogen-bond acceptors (Lipinski definition) is 7. The fraction of sp³-hybridized carbons (Fsp3) is 0.429. The number of alkyl halides is 3. The predicted octanol–water partition coefficient (Wildman–Crippen LogP) is 1.33. The van der Waals surface area contributed by atoms with Crippen molar-refractivity contribution >= 4 is 23.1 Å². The van der Waals surface area contributed by atoms with Crippen LogP contribution in [0.2, 0.25) is 0 Å². The maximum Gasteiger partial charge on any atom is 0.490 e. The van der Waals surface area contributed by atoms with Gasteiger partial charge in [-0.2, -0.15) is 18.2 Å². The van der Waals surface area contributed by atoms with E-state index in [1.165, 1.54) is 0 Å². The number of carboxylic acids is 1. The van der Waals surface area contributed by atoms with E-state index < -0.39 is 12.1 Å². The Morgan fingerprint density at radius 2 is 1.85 bits per heavy atom. The number of nitrogens with zero attached hydrogens (tertiary/aromatic N) is 5. The Balaban J connectivity index is 0.000000406. The summed E-state index contributed by atoms with van der Waals surface area (Å²) in [4.78, 5) is 33.4. The van der Waals surface area contributed by atoms with E-state index in [1.54, 1.807) is 18.0 Å². The van der Waals surface area contributed by atoms with Gasteiger partial charge in [-0.25, -0.2) is 9.78 Å². The summed E-state index contributed by atoms with van der Waals surface area (Å²) >= 11 is 0. The molecular formula is C21H25F3N6O4. The topological polar surface area (TPSA) is 115 Å². The van der Waals surface area contributed by atoms with E-state index in [1.807, 2.05) is 22.8 Å². The highest BCUT2D eigenvalue weighted by molar-refractivity contribution is 5.74. The number of nitrogens with one attached hydrogen (secondary N) is 1. The third-order valence-corrected chi connectivity index (χ3v) is 5.07. The van der Waals surface area contributed by atoms with Crippen LogP contribution in [0.3, 0.4) is 0 Å². The molecule has 0 saturated carbocycles. The molecule has 184 valence electrons. The van der Waals surface area contributed by atoms with Gasteiger partial charge in [0.1, 0.15) is 6.33 Å². The fourth-order valence-electron chi connectivity index (χ4n) is 3.41. The second-order valence-corrected chi connectivity index (χ2v) is 7.43. The number of ether oxygens (including phenoxy) is 1. The molecular weight excluding hydrogens is 457 g/mol. The first-order valence-electron chi connectivity index (χ1n) is 10.5. The van der Waals surface area contributed by atoms with Crippen LogP contribution in [-0.2, 0) is 22.6 Å². The smallest absolute Gasteiger partial charge is 0.475 e. The van der Waals surface area contributed by atoms with E-state index >= 15 is 0 Å². The van der Waals surface area contributed by atoms with E-state index in [0.29, 0.717) is 30.9 Å². The standard InChI is InChI=1S/C19H24N6O2.C2HF3O2/c1-27-12-11-24-14-21-17-16(18(24)26)25(13-15-5-3-2-4-6-15)19(22-17)23-9-7-20-8-10-23;3-2(4,5)1(6)7/h2-6,14,20H,7-13H2,1H3;(H,6,7). The number of aliphatic carboxylic acids is 1. The zero-order valence-corrected chi connectivity index (χ0v) is 18.5. The Morgan fingerprint density at radius 1 is 1.21 bits per heavy atom. The van der Waals surface area contributed by atoms with Crippen LogP contribution >= 0.6 is 0 Å². The molecule has 0 radical (unpaired) electrons. The van der Waals surface area contributed by atoms with Gasteiger partial charge in [0.2, 0.25) is 5.95 Å². The predicted molar refractivity (Wildman–Crippen MR) is 118 cm³/mol. The molecule has 0 unspecified atom stereocenters. The molecule has 1 aromatic carbocycles. The van der Waals surface area contributed by atoms with Crippen molar-refractivity contribution in [1.29, 1.82) is 0 Å². The number of rotatable bonds is 6. The number of aromatic nitrogens is 4. The number of fused-ring (bicyclic) bond motifs is 1. The molecule has 13 heteroatoms. The summed E-state index contributed by atoms with van der Waals surface area (Å²) in [5.41, 5.74) is 2.09. The van der Waals surface area contributed by atoms with Gasteiger partial charge >= 0.3 is 12.1 Å². The molecule has 0 aliphatic carbocycles. The third kappa shape index (κ3) is 6.11. The first-order chi connectivity index (χ1) is 16.2. The van der Waals surface area contributed by atoms with Crippen molar-refractivity contribution in [1.82, 2.24) is 24.4 Å². The van der Waals surface area contributed by atoms with Crippen molar-refractivity contribution in [2.75, 3.05) is 44.8 Å². The van der Waals surface area contributed by atoms with Crippen LogP contribution in [0.4, 0.5) is 19.1 Å². The molecule has 0 bridgehead atoms. The Morgan fingerprint density at radius 3 is 2.44 bits per heavy atom. The van der Waals surface area contributed by atoms with Gasteiger partial charge in [-0.05, 0) is 5.56 Å². The van der Waals surface area contributed by atoms with Gasteiger partial charge in [0.05, 0.1) is 19.7 Å². The van der Waals surface area contributed by atoms with Crippen LogP contribution in [-0.4, -0.2) is 76.2 Å². The zero-order valence-electron chi connectivity index (χ0n) is 18.5. The monoisotopic (exact) mass is 482 g/mol. The summed E-state index contributed by atoms with van der Waals surface area (Å²) in [6, 6.07) is 10.1. The van der Waals surface area contributed by atoms with Crippen LogP contribution in [0.15, 0.2) is 41.5 Å². The summed E-state index contributed by atoms with van der Waals surface area (Å²) in [6.07, 6.45) is -3.52. The molecule has 3 aromatic rings. The Kier molecular flexibility index (Phi) is 8.23. The lowest BCUT2D eigenvalue weighted by atomic mass is 10.2. The molecule has 1 aliphatic rings. The van der Waals surface area contributed by atoms with Crippen LogP contribution in [0.1, 0.15) is 5.56 Å². The Bertz CT molecular complexity index is 1160. The van der Waals surface area contributed by atoms with Crippen molar-refractivity contribution in [2.24, 2.45) is 0 Å². The van der Waals surface area contributed by atoms with E-state index in [9.17, 15) is 18.0 Å². The first kappa shape index (κ1) is 25.2. The van der Waals surface area contributed by atoms with Gasteiger partial charge < -0.3 is 20.1 Å². The van der Waals surface area contributed by atoms with Gasteiger partial charge in [-0.15, -0.1) is 0 Å². The second-order valence-electron chi connectivity index (χ2n) is 7.43. The van der Waals surface area contributed by atoms with Crippen molar-refractivity contribution in [3.63, 3.8) is 0 Å². The SMILES string of the molecule is COCCn1cnc2nc(N3CCNCC3)n(Cc3ccccc3)c2c1=O.O=C(O)C(F)(F)F. The Labute approximate surface area is 192 Å². The number of imidazole rings is 1. The lowest BCUT2D eigenvalue weighted by Gasteiger charge is -2.28. The van der Waals surface area contributed by atoms with Gasteiger partial charge in [-0.3, -0.25) is 13.9 Å². The van der Waals surface area contributed by atoms with Crippen LogP contribution in [0.5, 0.6) is 0 Å². The molecule has 3 heterocycles. The summed E-state index contributed by atoms with van der Waals surface area (Å²) in [5.74, 6) is -1.95. The summed E-state index contributed by atoms with van der Waals surface area (Å²) in [5, 5.41) is 10.5. The van der Waals surface area contributed by atoms with Gasteiger partial charge in [0.15, 0.2) is 11.2 Å². The molecule has 34 heavy (non-hydrogen) atoms. The fourth-order valence-corrected chi connectivity index (χ4v) is 3.41. The third-order valence-electron chi connectivity index (χ3n) is 5.07. The highest BCUT2D eigenvalue weighted by atomic mass is 19.4. The minimum atomic E-state index is -5.08. The number of carboxylic acid groups (broad SMARTS) is 1. The highest BCUT2D eigenvalue weighted by Gasteiger charge is 2.38. The maximum absolute atomic E-state index is 13.1. The Hall–Kier alpha value is -3.45. The molecule has 2 N–H and O–H groups in total. The van der Waals surface area contributed by atoms with E-state index in [2.05, 4.69) is 27.3 Å². The summed E-state index contributed by atoms with van der Waals surface area (Å²) < 4.78 is 40.5. The normalized spacial score (nSPS) is 14.1. The molecule has 2 aromatic heterocycles. The molecule has 4 rings (SSSR count). The van der Waals surface area contributed by atoms with Crippen molar-refractivity contribution in [3.8, 4) is 0 Å². The number of piperazine rings is 1. The average molecular weight is 482 g/mol. The summed E-state index contributed by atoms with van der Waals surface area (Å²) in [6.45, 7) is 5.04. The van der Waals surface area contributed by atoms with Gasteiger partial charge in [-0.1, -0.05) is 30.3 Å². The van der Waals surface area contributed by atoms with E-state index in [4.69, 9.17) is 19.6 Å². The number of benzene rings is 1. The largest absolute Gasteiger partial charge is 0.490 e. The lowest BCUT2D eigenvalue weighted by molar-refractivity contribution is -0.192. The molecule has 1 saturated heterocycles. The number of halogens is 3. The molecule has 0 amide bonds.